The molecule has 4 N–H and O–H groups in total. The molecule has 2 aromatic rings. The van der Waals surface area contributed by atoms with Crippen LogP contribution in [-0.2, 0) is 16.8 Å². The van der Waals surface area contributed by atoms with Crippen LogP contribution in [0.5, 0.6) is 5.75 Å². The number of carbonyl (C=O) groups excluding carboxylic acids is 2. The van der Waals surface area contributed by atoms with E-state index in [1.807, 2.05) is 0 Å². The van der Waals surface area contributed by atoms with Crippen molar-refractivity contribution in [2.24, 2.45) is 11.0 Å². The maximum absolute atomic E-state index is 15.7. The van der Waals surface area contributed by atoms with Crippen LogP contribution in [0.25, 0.3) is 5.57 Å². The van der Waals surface area contributed by atoms with Crippen LogP contribution in [0.4, 0.5) is 35.5 Å². The predicted octanol–water partition coefficient (Wildman–Crippen LogP) is 5.04. The van der Waals surface area contributed by atoms with E-state index in [0.717, 1.165) is 24.4 Å². The van der Waals surface area contributed by atoms with E-state index < -0.39 is 60.4 Å². The molecule has 9 nitrogen and oxygen atoms in total. The Morgan fingerprint density at radius 3 is 2.58 bits per heavy atom. The number of nitrogens with zero attached hydrogens (tertiary/aromatic N) is 3. The molecule has 214 valence electrons. The number of ether oxygens (including phenoxy) is 1. The van der Waals surface area contributed by atoms with Gasteiger partial charge in [0.1, 0.15) is 11.3 Å². The van der Waals surface area contributed by atoms with Crippen molar-refractivity contribution < 1.29 is 45.1 Å². The number of alkyl halides is 7. The van der Waals surface area contributed by atoms with Crippen LogP contribution < -0.4 is 15.8 Å². The molecule has 2 heterocycles. The number of hydrogen-bond acceptors (Lipinski definition) is 6. The van der Waals surface area contributed by atoms with Crippen molar-refractivity contribution in [3.63, 3.8) is 0 Å². The van der Waals surface area contributed by atoms with Gasteiger partial charge >= 0.3 is 12.2 Å². The number of primary amides is 1. The molecule has 3 amide bonds. The van der Waals surface area contributed by atoms with Crippen molar-refractivity contribution in [1.29, 1.82) is 5.53 Å². The van der Waals surface area contributed by atoms with Gasteiger partial charge in [0.05, 0.1) is 12.3 Å². The van der Waals surface area contributed by atoms with Crippen LogP contribution in [0.15, 0.2) is 47.8 Å². The third-order valence-corrected chi connectivity index (χ3v) is 6.51. The average molecular weight is 574 g/mol. The lowest BCUT2D eigenvalue weighted by molar-refractivity contribution is -0.136. The summed E-state index contributed by atoms with van der Waals surface area (Å²) in [5.74, 6) is -4.85. The summed E-state index contributed by atoms with van der Waals surface area (Å²) in [5.41, 5.74) is 8.87. The number of amides is 3. The Hall–Kier alpha value is -4.24. The Kier molecular flexibility index (Phi) is 7.47. The van der Waals surface area contributed by atoms with Gasteiger partial charge < -0.3 is 15.8 Å². The lowest BCUT2D eigenvalue weighted by atomic mass is 9.80. The second kappa shape index (κ2) is 10.4. The van der Waals surface area contributed by atoms with Gasteiger partial charge in [-0.05, 0) is 47.9 Å². The van der Waals surface area contributed by atoms with Crippen molar-refractivity contribution in [3.05, 3.63) is 65.0 Å². The molecule has 1 aromatic heterocycles. The van der Waals surface area contributed by atoms with Gasteiger partial charge in [0.25, 0.3) is 18.3 Å². The molecule has 1 aliphatic carbocycles. The van der Waals surface area contributed by atoms with E-state index in [0.29, 0.717) is 0 Å². The third kappa shape index (κ3) is 5.29. The van der Waals surface area contributed by atoms with Gasteiger partial charge in [-0.2, -0.15) is 23.7 Å². The molecule has 0 saturated carbocycles. The summed E-state index contributed by atoms with van der Waals surface area (Å²) < 4.78 is 100. The molecule has 0 saturated heterocycles. The number of urea groups is 1. The second-order valence-corrected chi connectivity index (χ2v) is 9.13. The number of aromatic nitrogens is 1. The summed E-state index contributed by atoms with van der Waals surface area (Å²) in [6, 6.07) is 2.50. The van der Waals surface area contributed by atoms with Crippen molar-refractivity contribution in [2.45, 2.75) is 49.4 Å². The molecule has 16 heteroatoms. The Morgan fingerprint density at radius 1 is 1.27 bits per heavy atom. The maximum atomic E-state index is 15.7. The summed E-state index contributed by atoms with van der Waals surface area (Å²) in [7, 11) is 0. The van der Waals surface area contributed by atoms with Crippen molar-refractivity contribution in [2.75, 3.05) is 6.61 Å². The quantitative estimate of drug-likeness (QED) is 0.176. The highest BCUT2D eigenvalue weighted by Gasteiger charge is 2.63. The molecule has 2 atom stereocenters. The Balaban J connectivity index is 1.78. The molecular formula is C24H21F7N6O3. The fourth-order valence-corrected chi connectivity index (χ4v) is 4.72. The lowest BCUT2D eigenvalue weighted by Gasteiger charge is -2.41. The Bertz CT molecular complexity index is 1350. The van der Waals surface area contributed by atoms with Crippen LogP contribution in [0.2, 0.25) is 0 Å². The fourth-order valence-electron chi connectivity index (χ4n) is 4.72. The minimum absolute atomic E-state index is 0.0191. The second-order valence-electron chi connectivity index (χ2n) is 9.13. The topological polar surface area (TPSA) is 134 Å². The zero-order valence-electron chi connectivity index (χ0n) is 20.3. The highest BCUT2D eigenvalue weighted by atomic mass is 19.4. The largest absolute Gasteiger partial charge is 0.494 e. The van der Waals surface area contributed by atoms with E-state index >= 15 is 8.78 Å². The summed E-state index contributed by atoms with van der Waals surface area (Å²) in [6.45, 7) is -0.317. The van der Waals surface area contributed by atoms with Crippen LogP contribution in [-0.4, -0.2) is 46.7 Å². The highest BCUT2D eigenvalue weighted by Crippen LogP contribution is 2.52. The minimum Gasteiger partial charge on any atom is -0.494 e. The predicted molar refractivity (Wildman–Crippen MR) is 123 cm³/mol. The van der Waals surface area contributed by atoms with Gasteiger partial charge in [-0.3, -0.25) is 9.78 Å². The third-order valence-electron chi connectivity index (χ3n) is 6.51. The first-order valence-corrected chi connectivity index (χ1v) is 11.6. The van der Waals surface area contributed by atoms with E-state index in [2.05, 4.69) is 15.5 Å². The first-order chi connectivity index (χ1) is 18.7. The number of carbonyl (C=O) groups is 2. The summed E-state index contributed by atoms with van der Waals surface area (Å²) in [4.78, 5) is 29.1. The van der Waals surface area contributed by atoms with Gasteiger partial charge in [-0.25, -0.2) is 22.4 Å². The van der Waals surface area contributed by atoms with Gasteiger partial charge in [-0.1, -0.05) is 11.3 Å². The zero-order valence-corrected chi connectivity index (χ0v) is 20.3. The molecule has 4 rings (SSSR count). The molecular weight excluding hydrogens is 553 g/mol. The number of fused-ring (bicyclic) bond motifs is 2. The SMILES string of the molecule is N=NN(C(N)=O)C1C(=O)N[C@@]2(C=C1c1ccc(C(F)F)cn1)c1ccc(OCCCC(F)(F)F)cc1CC2(F)F. The lowest BCUT2D eigenvalue weighted by Crippen LogP contribution is -2.62. The average Bonchev–Trinajstić information content (AvgIpc) is 3.07. The molecule has 0 fully saturated rings. The summed E-state index contributed by atoms with van der Waals surface area (Å²) in [6.07, 6.45) is -7.92. The van der Waals surface area contributed by atoms with Gasteiger partial charge in [0.15, 0.2) is 6.04 Å². The van der Waals surface area contributed by atoms with E-state index in [9.17, 15) is 31.5 Å². The number of benzene rings is 1. The molecule has 0 bridgehead atoms. The number of nitrogens with one attached hydrogen (secondary N) is 2. The molecule has 40 heavy (non-hydrogen) atoms. The number of pyridine rings is 1. The molecule has 1 spiro atoms. The highest BCUT2D eigenvalue weighted by molar-refractivity contribution is 6.01. The smallest absolute Gasteiger partial charge is 0.389 e. The van der Waals surface area contributed by atoms with Crippen LogP contribution in [0.3, 0.4) is 0 Å². The van der Waals surface area contributed by atoms with E-state index in [-0.39, 0.29) is 46.2 Å². The van der Waals surface area contributed by atoms with Gasteiger partial charge in [-0.15, -0.1) is 0 Å². The van der Waals surface area contributed by atoms with Crippen LogP contribution in [0.1, 0.15) is 41.7 Å². The zero-order chi connectivity index (χ0) is 29.5. The fraction of sp³-hybridized carbons (Fsp3) is 0.375. The maximum Gasteiger partial charge on any atom is 0.389 e. The Morgan fingerprint density at radius 2 is 2.00 bits per heavy atom. The number of hydrogen-bond donors (Lipinski definition) is 3. The number of rotatable bonds is 8. The molecule has 1 unspecified atom stereocenters. The number of nitrogens with two attached hydrogens (primary N) is 1. The Labute approximate surface area is 221 Å². The van der Waals surface area contributed by atoms with Crippen molar-refractivity contribution in [3.8, 4) is 5.75 Å². The van der Waals surface area contributed by atoms with E-state index in [1.165, 1.54) is 18.2 Å². The molecule has 1 aromatic carbocycles. The van der Waals surface area contributed by atoms with Crippen LogP contribution >= 0.6 is 0 Å². The summed E-state index contributed by atoms with van der Waals surface area (Å²) >= 11 is 0. The molecule has 2 aliphatic rings. The standard InChI is InChI=1S/C24H21F7N6O3/c25-19(26)12-2-5-17(34-11-12)15-10-22(35-20(38)18(15)37(36-33)21(32)39)16-4-3-14(8-13(16)9-23(22,27)28)40-7-1-6-24(29,30)31/h2-5,8,10-11,18-19,33H,1,6-7,9H2,(H2,32,39)(H,35,38)/t18?,22-/m0/s1. The van der Waals surface area contributed by atoms with Crippen molar-refractivity contribution in [1.82, 2.24) is 15.3 Å². The van der Waals surface area contributed by atoms with Gasteiger partial charge in [0, 0.05) is 30.2 Å². The first-order valence-electron chi connectivity index (χ1n) is 11.6. The van der Waals surface area contributed by atoms with E-state index in [1.54, 1.807) is 0 Å². The normalized spacial score (nSPS) is 21.6. The molecule has 1 aliphatic heterocycles. The summed E-state index contributed by atoms with van der Waals surface area (Å²) in [5, 5.41) is 5.35. The molecule has 0 radical (unpaired) electrons. The van der Waals surface area contributed by atoms with Crippen LogP contribution in [0, 0.1) is 5.53 Å². The van der Waals surface area contributed by atoms with E-state index in [4.69, 9.17) is 16.0 Å². The monoisotopic (exact) mass is 574 g/mol. The van der Waals surface area contributed by atoms with Crippen molar-refractivity contribution >= 4 is 17.5 Å². The first kappa shape index (κ1) is 28.8. The number of halogens is 7. The van der Waals surface area contributed by atoms with Gasteiger partial charge in [0.2, 0.25) is 0 Å². The minimum atomic E-state index is -4.37.